The van der Waals surface area contributed by atoms with E-state index in [1.165, 1.54) is 33.3 Å². The first-order valence-electron chi connectivity index (χ1n) is 7.14. The molecule has 0 fully saturated rings. The van der Waals surface area contributed by atoms with Crippen LogP contribution in [0.25, 0.3) is 22.2 Å². The molecule has 1 heteroatoms. The standard InChI is InChI=1S/C19H21N/c1-13-6-5-7-15-12-17(20-18(13)15)14-8-10-16(11-9-14)19(2,3)4/h5-12,20H,1-4H3. The van der Waals surface area contributed by atoms with E-state index in [-0.39, 0.29) is 5.41 Å². The van der Waals surface area contributed by atoms with Crippen molar-refractivity contribution in [3.05, 3.63) is 59.7 Å². The van der Waals surface area contributed by atoms with Gasteiger partial charge >= 0.3 is 0 Å². The van der Waals surface area contributed by atoms with Crippen molar-refractivity contribution in [1.29, 1.82) is 0 Å². The molecule has 2 aromatic carbocycles. The van der Waals surface area contributed by atoms with E-state index >= 15 is 0 Å². The Balaban J connectivity index is 2.05. The molecule has 1 heterocycles. The van der Waals surface area contributed by atoms with E-state index in [2.05, 4.69) is 81.2 Å². The third-order valence-corrected chi connectivity index (χ3v) is 3.93. The van der Waals surface area contributed by atoms with Crippen LogP contribution in [0.2, 0.25) is 0 Å². The number of hydrogen-bond acceptors (Lipinski definition) is 0. The minimum Gasteiger partial charge on any atom is -0.354 e. The van der Waals surface area contributed by atoms with Crippen molar-refractivity contribution in [1.82, 2.24) is 4.98 Å². The van der Waals surface area contributed by atoms with Crippen LogP contribution in [0.4, 0.5) is 0 Å². The molecule has 0 bridgehead atoms. The van der Waals surface area contributed by atoms with Crippen molar-refractivity contribution < 1.29 is 0 Å². The van der Waals surface area contributed by atoms with Crippen LogP contribution in [0.3, 0.4) is 0 Å². The zero-order chi connectivity index (χ0) is 14.3. The maximum absolute atomic E-state index is 3.54. The van der Waals surface area contributed by atoms with Crippen molar-refractivity contribution in [3.8, 4) is 11.3 Å². The van der Waals surface area contributed by atoms with Gasteiger partial charge in [0.05, 0.1) is 0 Å². The van der Waals surface area contributed by atoms with Gasteiger partial charge in [-0.3, -0.25) is 0 Å². The summed E-state index contributed by atoms with van der Waals surface area (Å²) in [4.78, 5) is 3.54. The van der Waals surface area contributed by atoms with Crippen molar-refractivity contribution >= 4 is 10.9 Å². The van der Waals surface area contributed by atoms with Crippen LogP contribution in [0, 0.1) is 6.92 Å². The molecule has 102 valence electrons. The van der Waals surface area contributed by atoms with Crippen molar-refractivity contribution in [2.75, 3.05) is 0 Å². The summed E-state index contributed by atoms with van der Waals surface area (Å²) < 4.78 is 0. The topological polar surface area (TPSA) is 15.8 Å². The number of nitrogens with one attached hydrogen (secondary N) is 1. The number of H-pyrrole nitrogens is 1. The molecule has 1 N–H and O–H groups in total. The second-order valence-electron chi connectivity index (χ2n) is 6.55. The molecule has 0 aliphatic heterocycles. The van der Waals surface area contributed by atoms with Gasteiger partial charge in [0.1, 0.15) is 0 Å². The summed E-state index contributed by atoms with van der Waals surface area (Å²) in [7, 11) is 0. The van der Waals surface area contributed by atoms with E-state index in [9.17, 15) is 0 Å². The first kappa shape index (κ1) is 13.0. The molecular weight excluding hydrogens is 242 g/mol. The van der Waals surface area contributed by atoms with Crippen LogP contribution in [0.15, 0.2) is 48.5 Å². The minimum absolute atomic E-state index is 0.204. The minimum atomic E-state index is 0.204. The molecule has 1 nitrogen and oxygen atoms in total. The van der Waals surface area contributed by atoms with Crippen molar-refractivity contribution in [3.63, 3.8) is 0 Å². The maximum Gasteiger partial charge on any atom is 0.0488 e. The molecule has 0 atom stereocenters. The van der Waals surface area contributed by atoms with Crippen molar-refractivity contribution in [2.24, 2.45) is 0 Å². The largest absolute Gasteiger partial charge is 0.354 e. The Labute approximate surface area is 120 Å². The number of rotatable bonds is 1. The summed E-state index contributed by atoms with van der Waals surface area (Å²) in [5, 5.41) is 1.28. The highest BCUT2D eigenvalue weighted by Gasteiger charge is 2.13. The van der Waals surface area contributed by atoms with Gasteiger partial charge in [-0.25, -0.2) is 0 Å². The van der Waals surface area contributed by atoms with Gasteiger partial charge in [0, 0.05) is 16.6 Å². The number of aromatic amines is 1. The lowest BCUT2D eigenvalue weighted by Gasteiger charge is -2.19. The third kappa shape index (κ3) is 2.24. The molecule has 0 unspecified atom stereocenters. The Morgan fingerprint density at radius 1 is 0.900 bits per heavy atom. The summed E-state index contributed by atoms with van der Waals surface area (Å²) >= 11 is 0. The van der Waals surface area contributed by atoms with Crippen molar-refractivity contribution in [2.45, 2.75) is 33.1 Å². The maximum atomic E-state index is 3.54. The number of hydrogen-bond donors (Lipinski definition) is 1. The molecule has 0 aliphatic carbocycles. The number of aryl methyl sites for hydroxylation is 1. The Hall–Kier alpha value is -2.02. The average molecular weight is 263 g/mol. The summed E-state index contributed by atoms with van der Waals surface area (Å²) in [6, 6.07) is 17.5. The predicted molar refractivity (Wildman–Crippen MR) is 87.2 cm³/mol. The summed E-state index contributed by atoms with van der Waals surface area (Å²) in [5.74, 6) is 0. The molecule has 0 amide bonds. The Morgan fingerprint density at radius 2 is 1.60 bits per heavy atom. The Morgan fingerprint density at radius 3 is 2.20 bits per heavy atom. The fourth-order valence-electron chi connectivity index (χ4n) is 2.61. The van der Waals surface area contributed by atoms with Crippen LogP contribution in [0.1, 0.15) is 31.9 Å². The summed E-state index contributed by atoms with van der Waals surface area (Å²) in [6.07, 6.45) is 0. The SMILES string of the molecule is Cc1cccc2cc(-c3ccc(C(C)(C)C)cc3)[nH]c12. The molecule has 20 heavy (non-hydrogen) atoms. The van der Waals surface area contributed by atoms with E-state index in [1.54, 1.807) is 0 Å². The quantitative estimate of drug-likeness (QED) is 0.601. The third-order valence-electron chi connectivity index (χ3n) is 3.93. The molecule has 0 aliphatic rings. The Kier molecular flexibility index (Phi) is 2.93. The Bertz CT molecular complexity index is 740. The van der Waals surface area contributed by atoms with Crippen LogP contribution in [-0.4, -0.2) is 4.98 Å². The highest BCUT2D eigenvalue weighted by Crippen LogP contribution is 2.28. The first-order chi connectivity index (χ1) is 9.45. The van der Waals surface area contributed by atoms with Crippen LogP contribution < -0.4 is 0 Å². The van der Waals surface area contributed by atoms with Crippen LogP contribution in [-0.2, 0) is 5.41 Å². The first-order valence-corrected chi connectivity index (χ1v) is 7.14. The van der Waals surface area contributed by atoms with E-state index in [0.29, 0.717) is 0 Å². The fraction of sp³-hybridized carbons (Fsp3) is 0.263. The van der Waals surface area contributed by atoms with Crippen LogP contribution >= 0.6 is 0 Å². The predicted octanol–water partition coefficient (Wildman–Crippen LogP) is 5.44. The fourth-order valence-corrected chi connectivity index (χ4v) is 2.61. The molecular formula is C19H21N. The summed E-state index contributed by atoms with van der Waals surface area (Å²) in [6.45, 7) is 8.88. The van der Waals surface area contributed by atoms with Crippen LogP contribution in [0.5, 0.6) is 0 Å². The monoisotopic (exact) mass is 263 g/mol. The molecule has 0 saturated carbocycles. The smallest absolute Gasteiger partial charge is 0.0488 e. The van der Waals surface area contributed by atoms with Gasteiger partial charge in [-0.05, 0) is 35.1 Å². The number of para-hydroxylation sites is 1. The second-order valence-corrected chi connectivity index (χ2v) is 6.55. The lowest BCUT2D eigenvalue weighted by Crippen LogP contribution is -2.10. The van der Waals surface area contributed by atoms with Gasteiger partial charge in [0.2, 0.25) is 0 Å². The molecule has 3 aromatic rings. The second kappa shape index (κ2) is 4.52. The molecule has 1 aromatic heterocycles. The van der Waals surface area contributed by atoms with E-state index in [1.807, 2.05) is 0 Å². The van der Waals surface area contributed by atoms with Gasteiger partial charge in [-0.15, -0.1) is 0 Å². The normalized spacial score (nSPS) is 12.0. The van der Waals surface area contributed by atoms with Gasteiger partial charge in [0.25, 0.3) is 0 Å². The zero-order valence-electron chi connectivity index (χ0n) is 12.6. The highest BCUT2D eigenvalue weighted by molar-refractivity contribution is 5.88. The molecule has 0 spiro atoms. The zero-order valence-corrected chi connectivity index (χ0v) is 12.6. The van der Waals surface area contributed by atoms with E-state index in [4.69, 9.17) is 0 Å². The number of benzene rings is 2. The molecule has 0 saturated heterocycles. The molecule has 0 radical (unpaired) electrons. The van der Waals surface area contributed by atoms with Gasteiger partial charge in [0.15, 0.2) is 0 Å². The van der Waals surface area contributed by atoms with E-state index in [0.717, 1.165) is 0 Å². The number of fused-ring (bicyclic) bond motifs is 1. The average Bonchev–Trinajstić information content (AvgIpc) is 2.83. The number of aromatic nitrogens is 1. The lowest BCUT2D eigenvalue weighted by atomic mass is 9.86. The van der Waals surface area contributed by atoms with Gasteiger partial charge < -0.3 is 4.98 Å². The summed E-state index contributed by atoms with van der Waals surface area (Å²) in [5.41, 5.74) is 6.54. The van der Waals surface area contributed by atoms with E-state index < -0.39 is 0 Å². The van der Waals surface area contributed by atoms with Gasteiger partial charge in [-0.2, -0.15) is 0 Å². The highest BCUT2D eigenvalue weighted by atomic mass is 14.7. The molecule has 3 rings (SSSR count). The van der Waals surface area contributed by atoms with Gasteiger partial charge in [-0.1, -0.05) is 63.2 Å². The lowest BCUT2D eigenvalue weighted by molar-refractivity contribution is 0.590.